The highest BCUT2D eigenvalue weighted by Gasteiger charge is 2.18. The second kappa shape index (κ2) is 9.65. The van der Waals surface area contributed by atoms with Gasteiger partial charge in [-0.05, 0) is 20.8 Å². The van der Waals surface area contributed by atoms with Gasteiger partial charge in [0.1, 0.15) is 19.4 Å². The second-order valence-corrected chi connectivity index (χ2v) is 5.99. The predicted molar refractivity (Wildman–Crippen MR) is 97.7 cm³/mol. The summed E-state index contributed by atoms with van der Waals surface area (Å²) in [5, 5.41) is 9.74. The number of ether oxygens (including phenoxy) is 2. The number of carbonyl (C=O) groups is 2. The molecule has 1 aromatic rings. The molecule has 1 N–H and O–H groups in total. The van der Waals surface area contributed by atoms with Gasteiger partial charge in [0.15, 0.2) is 0 Å². The van der Waals surface area contributed by atoms with Crippen molar-refractivity contribution in [2.45, 2.75) is 40.1 Å². The molecule has 0 fully saturated rings. The monoisotopic (exact) mass is 397 g/mol. The average Bonchev–Trinajstić information content (AvgIpc) is 2.59. The van der Waals surface area contributed by atoms with E-state index < -0.39 is 35.2 Å². The molecule has 0 saturated carbocycles. The third kappa shape index (κ3) is 5.39. The summed E-state index contributed by atoms with van der Waals surface area (Å²) in [6, 6.07) is 0. The minimum Gasteiger partial charge on any atom is -0.460 e. The van der Waals surface area contributed by atoms with Crippen LogP contribution >= 0.6 is 0 Å². The fourth-order valence-electron chi connectivity index (χ4n) is 2.06. The van der Waals surface area contributed by atoms with Gasteiger partial charge >= 0.3 is 29.0 Å². The van der Waals surface area contributed by atoms with Crippen LogP contribution in [0.25, 0.3) is 0 Å². The topological polar surface area (TPSA) is 139 Å². The molecule has 1 rings (SSSR count). The number of esters is 2. The van der Waals surface area contributed by atoms with Crippen molar-refractivity contribution >= 4 is 11.9 Å². The minimum absolute atomic E-state index is 0.137. The van der Waals surface area contributed by atoms with Crippen LogP contribution in [0.3, 0.4) is 0 Å². The molecular formula is C17H23N3O8. The number of rotatable bonds is 9. The largest absolute Gasteiger partial charge is 0.460 e. The van der Waals surface area contributed by atoms with Crippen LogP contribution in [0.2, 0.25) is 0 Å². The maximum atomic E-state index is 12.5. The number of hydrogen-bond acceptors (Lipinski definition) is 8. The van der Waals surface area contributed by atoms with Gasteiger partial charge in [0.25, 0.3) is 0 Å². The van der Waals surface area contributed by atoms with Gasteiger partial charge in [-0.3, -0.25) is 0 Å². The van der Waals surface area contributed by atoms with E-state index in [0.29, 0.717) is 13.7 Å². The van der Waals surface area contributed by atoms with E-state index in [2.05, 4.69) is 13.2 Å². The maximum absolute atomic E-state index is 12.5. The maximum Gasteiger partial charge on any atom is 0.338 e. The molecule has 0 saturated heterocycles. The summed E-state index contributed by atoms with van der Waals surface area (Å²) in [5.74, 6) is -1.41. The Balaban J connectivity index is 3.22. The molecule has 0 amide bonds. The molecule has 0 spiro atoms. The van der Waals surface area contributed by atoms with Gasteiger partial charge in [0, 0.05) is 11.1 Å². The lowest BCUT2D eigenvalue weighted by atomic mass is 10.4. The molecule has 1 aromatic heterocycles. The van der Waals surface area contributed by atoms with Crippen LogP contribution in [0.5, 0.6) is 0 Å². The van der Waals surface area contributed by atoms with Crippen molar-refractivity contribution in [2.24, 2.45) is 0 Å². The predicted octanol–water partition coefficient (Wildman–Crippen LogP) is -1.08. The van der Waals surface area contributed by atoms with E-state index in [0.717, 1.165) is 0 Å². The van der Waals surface area contributed by atoms with Gasteiger partial charge in [-0.15, -0.1) is 0 Å². The molecule has 1 unspecified atom stereocenters. The number of aliphatic hydroxyl groups excluding tert-OH is 1. The number of nitrogens with zero attached hydrogens (tertiary/aromatic N) is 3. The number of aliphatic hydroxyl groups is 1. The molecule has 0 aliphatic heterocycles. The third-order valence-corrected chi connectivity index (χ3v) is 3.50. The summed E-state index contributed by atoms with van der Waals surface area (Å²) in [6.45, 7) is 9.48. The van der Waals surface area contributed by atoms with Gasteiger partial charge in [-0.2, -0.15) is 0 Å². The van der Waals surface area contributed by atoms with Crippen molar-refractivity contribution in [3.63, 3.8) is 0 Å². The van der Waals surface area contributed by atoms with Gasteiger partial charge in [-0.25, -0.2) is 37.7 Å². The Hall–Kier alpha value is -3.21. The van der Waals surface area contributed by atoms with Gasteiger partial charge in [-0.1, -0.05) is 13.2 Å². The first kappa shape index (κ1) is 22.8. The van der Waals surface area contributed by atoms with Crippen LogP contribution in [0, 0.1) is 0 Å². The molecule has 11 nitrogen and oxygen atoms in total. The Labute approximate surface area is 159 Å². The first-order valence-electron chi connectivity index (χ1n) is 8.28. The zero-order valence-electron chi connectivity index (χ0n) is 16.0. The summed E-state index contributed by atoms with van der Waals surface area (Å²) in [4.78, 5) is 60.1. The van der Waals surface area contributed by atoms with Crippen molar-refractivity contribution in [3.8, 4) is 0 Å². The quantitative estimate of drug-likeness (QED) is 0.410. The molecule has 1 heterocycles. The lowest BCUT2D eigenvalue weighted by Gasteiger charge is -2.15. The van der Waals surface area contributed by atoms with Crippen LogP contribution in [-0.4, -0.2) is 44.0 Å². The summed E-state index contributed by atoms with van der Waals surface area (Å²) >= 11 is 0. The molecule has 0 radical (unpaired) electrons. The Bertz CT molecular complexity index is 894. The molecule has 0 aliphatic carbocycles. The number of carbonyl (C=O) groups excluding carboxylic acids is 2. The molecule has 1 atom stereocenters. The highest BCUT2D eigenvalue weighted by Crippen LogP contribution is 1.94. The Morgan fingerprint density at radius 1 is 0.893 bits per heavy atom. The Morgan fingerprint density at radius 3 is 1.54 bits per heavy atom. The lowest BCUT2D eigenvalue weighted by Crippen LogP contribution is -2.56. The summed E-state index contributed by atoms with van der Waals surface area (Å²) in [7, 11) is 0. The first-order chi connectivity index (χ1) is 13.0. The molecule has 28 heavy (non-hydrogen) atoms. The van der Waals surface area contributed by atoms with Crippen molar-refractivity contribution in [1.29, 1.82) is 0 Å². The van der Waals surface area contributed by atoms with Crippen molar-refractivity contribution in [3.05, 3.63) is 55.8 Å². The van der Waals surface area contributed by atoms with E-state index in [-0.39, 0.29) is 37.4 Å². The zero-order valence-corrected chi connectivity index (χ0v) is 16.0. The lowest BCUT2D eigenvalue weighted by molar-refractivity contribution is -0.140. The molecule has 0 aliphatic rings. The Kier molecular flexibility index (Phi) is 7.87. The van der Waals surface area contributed by atoms with Crippen molar-refractivity contribution in [2.75, 3.05) is 13.2 Å². The van der Waals surface area contributed by atoms with Crippen LogP contribution in [0.1, 0.15) is 27.0 Å². The first-order valence-corrected chi connectivity index (χ1v) is 8.28. The standard InChI is InChI=1S/C17H23N3O8/c1-10(2)13(22)27-8-6-18-15(24)19(7-9-28-14(23)11(3)4)17(26)20(12(5)21)16(18)25/h12,21H,1,3,6-9H2,2,4-5H3. The molecule has 11 heteroatoms. The van der Waals surface area contributed by atoms with Crippen LogP contribution in [-0.2, 0) is 32.2 Å². The highest BCUT2D eigenvalue weighted by molar-refractivity contribution is 5.87. The van der Waals surface area contributed by atoms with Crippen LogP contribution < -0.4 is 17.1 Å². The Morgan fingerprint density at radius 2 is 1.25 bits per heavy atom. The smallest absolute Gasteiger partial charge is 0.338 e. The second-order valence-electron chi connectivity index (χ2n) is 5.99. The van der Waals surface area contributed by atoms with Gasteiger partial charge in [0.05, 0.1) is 13.1 Å². The van der Waals surface area contributed by atoms with E-state index >= 15 is 0 Å². The zero-order chi connectivity index (χ0) is 21.6. The third-order valence-electron chi connectivity index (χ3n) is 3.50. The fraction of sp³-hybridized carbons (Fsp3) is 0.471. The normalized spacial score (nSPS) is 11.6. The molecular weight excluding hydrogens is 374 g/mol. The number of hydrogen-bond donors (Lipinski definition) is 1. The highest BCUT2D eigenvalue weighted by atomic mass is 16.5. The van der Waals surface area contributed by atoms with Crippen molar-refractivity contribution in [1.82, 2.24) is 13.7 Å². The van der Waals surface area contributed by atoms with E-state index in [1.54, 1.807) is 0 Å². The van der Waals surface area contributed by atoms with Crippen LogP contribution in [0.15, 0.2) is 38.7 Å². The van der Waals surface area contributed by atoms with E-state index in [1.165, 1.54) is 20.8 Å². The minimum atomic E-state index is -1.52. The summed E-state index contributed by atoms with van der Waals surface area (Å²) in [5.41, 5.74) is -2.85. The number of aromatic nitrogens is 3. The van der Waals surface area contributed by atoms with Crippen LogP contribution in [0.4, 0.5) is 0 Å². The fourth-order valence-corrected chi connectivity index (χ4v) is 2.06. The SMILES string of the molecule is C=C(C)C(=O)OCCn1c(=O)n(CCOC(=O)C(=C)C)c(=O)n(C(C)O)c1=O. The van der Waals surface area contributed by atoms with E-state index in [4.69, 9.17) is 9.47 Å². The summed E-state index contributed by atoms with van der Waals surface area (Å²) in [6.07, 6.45) is -1.52. The van der Waals surface area contributed by atoms with Gasteiger partial charge < -0.3 is 14.6 Å². The van der Waals surface area contributed by atoms with E-state index in [1.807, 2.05) is 0 Å². The molecule has 0 aromatic carbocycles. The van der Waals surface area contributed by atoms with Crippen molar-refractivity contribution < 1.29 is 24.2 Å². The molecule has 154 valence electrons. The summed E-state index contributed by atoms with van der Waals surface area (Å²) < 4.78 is 11.4. The van der Waals surface area contributed by atoms with Gasteiger partial charge in [0.2, 0.25) is 0 Å². The average molecular weight is 397 g/mol. The molecule has 0 bridgehead atoms. The van der Waals surface area contributed by atoms with E-state index in [9.17, 15) is 29.1 Å².